The van der Waals surface area contributed by atoms with Crippen LogP contribution in [0.4, 0.5) is 5.69 Å². The van der Waals surface area contributed by atoms with Gasteiger partial charge in [-0.3, -0.25) is 9.52 Å². The molecular weight excluding hydrogens is 356 g/mol. The van der Waals surface area contributed by atoms with Crippen molar-refractivity contribution in [3.05, 3.63) is 65.2 Å². The van der Waals surface area contributed by atoms with Crippen LogP contribution < -0.4 is 10.0 Å². The van der Waals surface area contributed by atoms with Crippen molar-refractivity contribution in [2.24, 2.45) is 0 Å². The predicted molar refractivity (Wildman–Crippen MR) is 105 cm³/mol. The van der Waals surface area contributed by atoms with Gasteiger partial charge in [-0.25, -0.2) is 8.42 Å². The highest BCUT2D eigenvalue weighted by molar-refractivity contribution is 7.98. The fourth-order valence-corrected chi connectivity index (χ4v) is 3.61. The average Bonchev–Trinajstić information content (AvgIpc) is 2.56. The maximum Gasteiger partial charge on any atom is 0.251 e. The molecule has 2 aromatic rings. The Bertz CT molecular complexity index is 821. The molecule has 1 amide bonds. The van der Waals surface area contributed by atoms with Crippen molar-refractivity contribution >= 4 is 33.4 Å². The minimum absolute atomic E-state index is 0.211. The summed E-state index contributed by atoms with van der Waals surface area (Å²) in [6, 6.07) is 15.1. The highest BCUT2D eigenvalue weighted by Gasteiger charge is 2.10. The largest absolute Gasteiger partial charge is 0.351 e. The number of rotatable bonds is 8. The number of thioether (sulfide) groups is 1. The lowest BCUT2D eigenvalue weighted by atomic mass is 10.1. The Hall–Kier alpha value is -1.99. The Labute approximate surface area is 153 Å². The standard InChI is InChI=1S/C18H22N2O3S2/c1-14-8-9-16(12-17(14)20-25(2,22)23)18(21)19-10-11-24-13-15-6-4-3-5-7-15/h3-9,12,20H,10-11,13H2,1-2H3,(H,19,21). The van der Waals surface area contributed by atoms with Gasteiger partial charge in [0, 0.05) is 23.6 Å². The molecule has 2 rings (SSSR count). The van der Waals surface area contributed by atoms with Gasteiger partial charge < -0.3 is 5.32 Å². The molecule has 0 fully saturated rings. The summed E-state index contributed by atoms with van der Waals surface area (Å²) in [5.74, 6) is 1.50. The van der Waals surface area contributed by atoms with Crippen LogP contribution in [0.2, 0.25) is 0 Å². The van der Waals surface area contributed by atoms with Crippen LogP contribution in [0.15, 0.2) is 48.5 Å². The second-order valence-electron chi connectivity index (χ2n) is 5.70. The van der Waals surface area contributed by atoms with E-state index in [4.69, 9.17) is 0 Å². The van der Waals surface area contributed by atoms with E-state index in [0.29, 0.717) is 17.8 Å². The van der Waals surface area contributed by atoms with Crippen LogP contribution in [0, 0.1) is 6.92 Å². The first-order valence-corrected chi connectivity index (χ1v) is 10.9. The number of nitrogens with one attached hydrogen (secondary N) is 2. The van der Waals surface area contributed by atoms with Crippen LogP contribution in [-0.4, -0.2) is 32.9 Å². The molecule has 0 radical (unpaired) electrons. The zero-order valence-electron chi connectivity index (χ0n) is 14.3. The van der Waals surface area contributed by atoms with E-state index in [0.717, 1.165) is 23.3 Å². The third kappa shape index (κ3) is 6.80. The van der Waals surface area contributed by atoms with Crippen LogP contribution in [0.1, 0.15) is 21.5 Å². The van der Waals surface area contributed by atoms with Crippen molar-refractivity contribution in [1.29, 1.82) is 0 Å². The lowest BCUT2D eigenvalue weighted by Crippen LogP contribution is -2.26. The Morgan fingerprint density at radius 3 is 2.52 bits per heavy atom. The lowest BCUT2D eigenvalue weighted by molar-refractivity contribution is 0.0956. The van der Waals surface area contributed by atoms with Gasteiger partial charge in [0.1, 0.15) is 0 Å². The van der Waals surface area contributed by atoms with E-state index < -0.39 is 10.0 Å². The fraction of sp³-hybridized carbons (Fsp3) is 0.278. The number of carbonyl (C=O) groups is 1. The highest BCUT2D eigenvalue weighted by Crippen LogP contribution is 2.18. The number of carbonyl (C=O) groups excluding carboxylic acids is 1. The lowest BCUT2D eigenvalue weighted by Gasteiger charge is -2.10. The summed E-state index contributed by atoms with van der Waals surface area (Å²) < 4.78 is 25.2. The van der Waals surface area contributed by atoms with Crippen molar-refractivity contribution in [3.8, 4) is 0 Å². The molecule has 0 heterocycles. The first-order chi connectivity index (χ1) is 11.8. The molecular formula is C18H22N2O3S2. The quantitative estimate of drug-likeness (QED) is 0.693. The van der Waals surface area contributed by atoms with Crippen molar-refractivity contribution < 1.29 is 13.2 Å². The second-order valence-corrected chi connectivity index (χ2v) is 8.55. The zero-order chi connectivity index (χ0) is 18.3. The van der Waals surface area contributed by atoms with Crippen LogP contribution in [0.25, 0.3) is 0 Å². The van der Waals surface area contributed by atoms with Gasteiger partial charge in [0.15, 0.2) is 0 Å². The first kappa shape index (κ1) is 19.3. The van der Waals surface area contributed by atoms with Crippen LogP contribution >= 0.6 is 11.8 Å². The van der Waals surface area contributed by atoms with Crippen molar-refractivity contribution in [1.82, 2.24) is 5.32 Å². The van der Waals surface area contributed by atoms with E-state index in [-0.39, 0.29) is 5.91 Å². The second kappa shape index (κ2) is 8.92. The van der Waals surface area contributed by atoms with E-state index in [1.165, 1.54) is 5.56 Å². The smallest absolute Gasteiger partial charge is 0.251 e. The molecule has 0 aliphatic heterocycles. The Balaban J connectivity index is 1.83. The van der Waals surface area contributed by atoms with Gasteiger partial charge in [-0.2, -0.15) is 11.8 Å². The summed E-state index contributed by atoms with van der Waals surface area (Å²) >= 11 is 1.75. The molecule has 0 saturated carbocycles. The summed E-state index contributed by atoms with van der Waals surface area (Å²) in [6.07, 6.45) is 1.09. The van der Waals surface area contributed by atoms with Gasteiger partial charge in [0.2, 0.25) is 10.0 Å². The topological polar surface area (TPSA) is 75.3 Å². The number of aryl methyl sites for hydroxylation is 1. The number of anilines is 1. The van der Waals surface area contributed by atoms with E-state index >= 15 is 0 Å². The molecule has 7 heteroatoms. The molecule has 5 nitrogen and oxygen atoms in total. The summed E-state index contributed by atoms with van der Waals surface area (Å²) in [6.45, 7) is 2.34. The molecule has 0 aliphatic rings. The normalized spacial score (nSPS) is 11.1. The molecule has 0 atom stereocenters. The number of sulfonamides is 1. The molecule has 2 N–H and O–H groups in total. The molecule has 0 bridgehead atoms. The predicted octanol–water partition coefficient (Wildman–Crippen LogP) is 3.03. The third-order valence-electron chi connectivity index (χ3n) is 3.44. The van der Waals surface area contributed by atoms with Crippen LogP contribution in [0.3, 0.4) is 0 Å². The minimum atomic E-state index is -3.38. The van der Waals surface area contributed by atoms with Crippen molar-refractivity contribution in [2.75, 3.05) is 23.3 Å². The van der Waals surface area contributed by atoms with E-state index in [1.807, 2.05) is 18.2 Å². The molecule has 0 spiro atoms. The molecule has 0 aliphatic carbocycles. The van der Waals surface area contributed by atoms with Crippen LogP contribution in [0.5, 0.6) is 0 Å². The summed E-state index contributed by atoms with van der Waals surface area (Å²) in [4.78, 5) is 12.2. The number of amides is 1. The molecule has 0 aromatic heterocycles. The number of hydrogen-bond donors (Lipinski definition) is 2. The van der Waals surface area contributed by atoms with Gasteiger partial charge in [0.05, 0.1) is 11.9 Å². The molecule has 25 heavy (non-hydrogen) atoms. The average molecular weight is 379 g/mol. The van der Waals surface area contributed by atoms with Gasteiger partial charge >= 0.3 is 0 Å². The maximum absolute atomic E-state index is 12.2. The van der Waals surface area contributed by atoms with Crippen LogP contribution in [-0.2, 0) is 15.8 Å². The first-order valence-electron chi connectivity index (χ1n) is 7.83. The number of benzene rings is 2. The maximum atomic E-state index is 12.2. The monoisotopic (exact) mass is 378 g/mol. The van der Waals surface area contributed by atoms with E-state index in [9.17, 15) is 13.2 Å². The molecule has 2 aromatic carbocycles. The van der Waals surface area contributed by atoms with E-state index in [2.05, 4.69) is 22.2 Å². The molecule has 134 valence electrons. The van der Waals surface area contributed by atoms with Gasteiger partial charge in [-0.1, -0.05) is 36.4 Å². The molecule has 0 unspecified atom stereocenters. The van der Waals surface area contributed by atoms with Crippen molar-refractivity contribution in [3.63, 3.8) is 0 Å². The zero-order valence-corrected chi connectivity index (χ0v) is 15.9. The van der Waals surface area contributed by atoms with Crippen molar-refractivity contribution in [2.45, 2.75) is 12.7 Å². The van der Waals surface area contributed by atoms with Gasteiger partial charge in [-0.05, 0) is 30.2 Å². The fourth-order valence-electron chi connectivity index (χ4n) is 2.18. The summed E-state index contributed by atoms with van der Waals surface area (Å²) in [5.41, 5.74) is 2.88. The minimum Gasteiger partial charge on any atom is -0.351 e. The third-order valence-corrected chi connectivity index (χ3v) is 5.06. The SMILES string of the molecule is Cc1ccc(C(=O)NCCSCc2ccccc2)cc1NS(C)(=O)=O. The highest BCUT2D eigenvalue weighted by atomic mass is 32.2. The summed E-state index contributed by atoms with van der Waals surface area (Å²) in [5, 5.41) is 2.86. The number of hydrogen-bond acceptors (Lipinski definition) is 4. The Kier molecular flexibility index (Phi) is 6.90. The van der Waals surface area contributed by atoms with Gasteiger partial charge in [-0.15, -0.1) is 0 Å². The van der Waals surface area contributed by atoms with E-state index in [1.54, 1.807) is 36.9 Å². The Morgan fingerprint density at radius 1 is 1.12 bits per heavy atom. The molecule has 0 saturated heterocycles. The van der Waals surface area contributed by atoms with Gasteiger partial charge in [0.25, 0.3) is 5.91 Å². The summed E-state index contributed by atoms with van der Waals surface area (Å²) in [7, 11) is -3.38. The Morgan fingerprint density at radius 2 is 1.84 bits per heavy atom.